The molecule has 2 atom stereocenters. The van der Waals surface area contributed by atoms with Crippen molar-refractivity contribution in [2.24, 2.45) is 0 Å². The molecule has 0 radical (unpaired) electrons. The molecule has 0 spiro atoms. The van der Waals surface area contributed by atoms with E-state index in [1.54, 1.807) is 12.4 Å². The third-order valence-electron chi connectivity index (χ3n) is 8.91. The van der Waals surface area contributed by atoms with Crippen LogP contribution in [0, 0.1) is 0 Å². The first kappa shape index (κ1) is 32.4. The van der Waals surface area contributed by atoms with Gasteiger partial charge in [-0.15, -0.1) is 13.2 Å². The van der Waals surface area contributed by atoms with E-state index in [0.717, 1.165) is 50.7 Å². The van der Waals surface area contributed by atoms with Gasteiger partial charge in [-0.2, -0.15) is 0 Å². The minimum atomic E-state index is -4.88. The molecule has 1 fully saturated rings. The number of urea groups is 1. The summed E-state index contributed by atoms with van der Waals surface area (Å²) < 4.78 is 42.4. The second-order valence-electron chi connectivity index (χ2n) is 11.9. The van der Waals surface area contributed by atoms with Crippen molar-refractivity contribution in [2.75, 3.05) is 4.90 Å². The molecule has 2 aromatic heterocycles. The minimum Gasteiger partial charge on any atom is -0.406 e. The second kappa shape index (κ2) is 13.3. The predicted octanol–water partition coefficient (Wildman–Crippen LogP) is 7.96. The van der Waals surface area contributed by atoms with E-state index >= 15 is 0 Å². The number of carbonyl (C=O) groups excluding carboxylic acids is 2. The van der Waals surface area contributed by atoms with Crippen LogP contribution in [0.5, 0.6) is 5.75 Å². The molecule has 0 aliphatic carbocycles. The smallest absolute Gasteiger partial charge is 0.406 e. The highest BCUT2D eigenvalue weighted by atomic mass is 19.4. The van der Waals surface area contributed by atoms with Crippen LogP contribution < -0.4 is 15.0 Å². The van der Waals surface area contributed by atoms with Crippen LogP contribution in [-0.2, 0) is 17.6 Å². The number of hydrogen-bond acceptors (Lipinski definition) is 5. The average Bonchev–Trinajstić information content (AvgIpc) is 3.35. The van der Waals surface area contributed by atoms with Crippen LogP contribution in [0.4, 0.5) is 23.7 Å². The fourth-order valence-corrected chi connectivity index (χ4v) is 6.42. The van der Waals surface area contributed by atoms with E-state index in [4.69, 9.17) is 0 Å². The van der Waals surface area contributed by atoms with Crippen molar-refractivity contribution in [3.05, 3.63) is 155 Å². The van der Waals surface area contributed by atoms with Gasteiger partial charge in [0.25, 0.3) is 5.91 Å². The molecule has 1 aliphatic rings. The average molecular weight is 651 g/mol. The zero-order valence-electron chi connectivity index (χ0n) is 26.3. The first-order valence-electron chi connectivity index (χ1n) is 15.5. The molecule has 1 saturated heterocycles. The highest BCUT2D eigenvalue weighted by Gasteiger charge is 2.58. The number of halogens is 3. The quantitative estimate of drug-likeness (QED) is 0.155. The van der Waals surface area contributed by atoms with E-state index in [1.807, 2.05) is 98.8 Å². The molecule has 10 heteroatoms. The normalized spacial score (nSPS) is 17.6. The van der Waals surface area contributed by atoms with Crippen molar-refractivity contribution >= 4 is 17.6 Å². The van der Waals surface area contributed by atoms with Crippen molar-refractivity contribution in [1.29, 1.82) is 0 Å². The lowest BCUT2D eigenvalue weighted by Gasteiger charge is -2.39. The van der Waals surface area contributed by atoms with Crippen LogP contribution in [0.15, 0.2) is 122 Å². The van der Waals surface area contributed by atoms with Gasteiger partial charge in [0.2, 0.25) is 0 Å². The maximum atomic E-state index is 14.7. The Kier molecular flexibility index (Phi) is 8.99. The van der Waals surface area contributed by atoms with Gasteiger partial charge in [0, 0.05) is 48.5 Å². The third-order valence-corrected chi connectivity index (χ3v) is 8.91. The SMILES string of the molecule is CC(c1ccnc(Cc2ccccc2)c1)C1(C(C)c2ccnc(Cc3ccccc3)c2)NC(=O)N(c2ccc(OC(F)(F)F)cc2)C1=O. The lowest BCUT2D eigenvalue weighted by Crippen LogP contribution is -2.55. The molecule has 0 saturated carbocycles. The third kappa shape index (κ3) is 6.78. The number of nitrogens with zero attached hydrogens (tertiary/aromatic N) is 3. The molecule has 3 heterocycles. The zero-order valence-corrected chi connectivity index (χ0v) is 26.3. The molecule has 1 aliphatic heterocycles. The van der Waals surface area contributed by atoms with Gasteiger partial charge in [0.05, 0.1) is 5.69 Å². The molecule has 1 N–H and O–H groups in total. The van der Waals surface area contributed by atoms with Crippen molar-refractivity contribution in [3.8, 4) is 5.75 Å². The number of ether oxygens (including phenoxy) is 1. The highest BCUT2D eigenvalue weighted by molar-refractivity contribution is 6.24. The summed E-state index contributed by atoms with van der Waals surface area (Å²) in [6, 6.07) is 31.4. The van der Waals surface area contributed by atoms with E-state index in [1.165, 1.54) is 12.1 Å². The molecular formula is C38H33F3N4O3. The molecule has 5 aromatic rings. The molecule has 0 bridgehead atoms. The van der Waals surface area contributed by atoms with Gasteiger partial charge in [-0.05, 0) is 70.8 Å². The molecule has 3 aromatic carbocycles. The molecular weight excluding hydrogens is 617 g/mol. The lowest BCUT2D eigenvalue weighted by molar-refractivity contribution is -0.274. The number of aromatic nitrogens is 2. The van der Waals surface area contributed by atoms with Gasteiger partial charge in [-0.1, -0.05) is 74.5 Å². The molecule has 244 valence electrons. The Morgan fingerprint density at radius 1 is 0.729 bits per heavy atom. The van der Waals surface area contributed by atoms with Crippen molar-refractivity contribution in [2.45, 2.75) is 50.4 Å². The van der Waals surface area contributed by atoms with Crippen LogP contribution in [0.25, 0.3) is 0 Å². The number of hydrogen-bond donors (Lipinski definition) is 1. The number of pyridine rings is 2. The van der Waals surface area contributed by atoms with E-state index in [9.17, 15) is 22.8 Å². The number of nitrogens with one attached hydrogen (secondary N) is 1. The number of alkyl halides is 3. The van der Waals surface area contributed by atoms with Gasteiger partial charge < -0.3 is 10.1 Å². The number of carbonyl (C=O) groups is 2. The summed E-state index contributed by atoms with van der Waals surface area (Å²) in [6.07, 6.45) is -0.321. The van der Waals surface area contributed by atoms with Crippen molar-refractivity contribution in [3.63, 3.8) is 0 Å². The fraction of sp³-hybridized carbons (Fsp3) is 0.211. The van der Waals surface area contributed by atoms with Crippen LogP contribution in [0.3, 0.4) is 0 Å². The zero-order chi connectivity index (χ0) is 33.9. The lowest BCUT2D eigenvalue weighted by atomic mass is 9.69. The largest absolute Gasteiger partial charge is 0.573 e. The summed E-state index contributed by atoms with van der Waals surface area (Å²) in [5, 5.41) is 3.04. The van der Waals surface area contributed by atoms with E-state index < -0.39 is 41.4 Å². The molecule has 7 nitrogen and oxygen atoms in total. The van der Waals surface area contributed by atoms with Crippen LogP contribution in [0.2, 0.25) is 0 Å². The van der Waals surface area contributed by atoms with Crippen LogP contribution >= 0.6 is 0 Å². The summed E-state index contributed by atoms with van der Waals surface area (Å²) >= 11 is 0. The molecule has 3 amide bonds. The Morgan fingerprint density at radius 3 is 1.67 bits per heavy atom. The van der Waals surface area contributed by atoms with E-state index in [2.05, 4.69) is 20.0 Å². The standard InChI is InChI=1S/C38H33F3N4O3/c1-25(29-17-19-42-31(23-29)21-27-9-5-3-6-10-27)37(26(2)30-18-20-43-32(24-30)22-28-11-7-4-8-12-28)35(46)45(36(47)44-37)33-13-15-34(16-14-33)48-38(39,40)41/h3-20,23-26H,21-22H2,1-2H3,(H,44,47). The predicted molar refractivity (Wildman–Crippen MR) is 176 cm³/mol. The fourth-order valence-electron chi connectivity index (χ4n) is 6.42. The maximum absolute atomic E-state index is 14.7. The number of benzene rings is 3. The summed E-state index contributed by atoms with van der Waals surface area (Å²) in [7, 11) is 0. The van der Waals surface area contributed by atoms with Gasteiger partial charge in [-0.3, -0.25) is 14.8 Å². The van der Waals surface area contributed by atoms with E-state index in [0.29, 0.717) is 12.8 Å². The van der Waals surface area contributed by atoms with Crippen LogP contribution in [-0.4, -0.2) is 33.8 Å². The van der Waals surface area contributed by atoms with Gasteiger partial charge in [0.1, 0.15) is 11.3 Å². The number of amides is 3. The summed E-state index contributed by atoms with van der Waals surface area (Å²) in [4.78, 5) is 38.6. The Balaban J connectivity index is 1.39. The minimum absolute atomic E-state index is 0.118. The topological polar surface area (TPSA) is 84.4 Å². The molecule has 48 heavy (non-hydrogen) atoms. The van der Waals surface area contributed by atoms with Crippen LogP contribution in [0.1, 0.15) is 59.3 Å². The van der Waals surface area contributed by atoms with Gasteiger partial charge >= 0.3 is 12.4 Å². The Labute approximate surface area is 276 Å². The maximum Gasteiger partial charge on any atom is 0.573 e. The van der Waals surface area contributed by atoms with Gasteiger partial charge in [-0.25, -0.2) is 9.69 Å². The Bertz CT molecular complexity index is 1810. The molecule has 6 rings (SSSR count). The van der Waals surface area contributed by atoms with Crippen molar-refractivity contribution in [1.82, 2.24) is 15.3 Å². The number of imide groups is 1. The first-order valence-corrected chi connectivity index (χ1v) is 15.5. The van der Waals surface area contributed by atoms with Crippen molar-refractivity contribution < 1.29 is 27.5 Å². The monoisotopic (exact) mass is 650 g/mol. The highest BCUT2D eigenvalue weighted by Crippen LogP contribution is 2.45. The first-order chi connectivity index (χ1) is 23.0. The number of rotatable bonds is 10. The Morgan fingerprint density at radius 2 is 1.21 bits per heavy atom. The summed E-state index contributed by atoms with van der Waals surface area (Å²) in [6.45, 7) is 3.79. The summed E-state index contributed by atoms with van der Waals surface area (Å²) in [5.74, 6) is -2.09. The second-order valence-corrected chi connectivity index (χ2v) is 11.9. The number of anilines is 1. The Hall–Kier alpha value is -5.51. The summed E-state index contributed by atoms with van der Waals surface area (Å²) in [5.41, 5.74) is 4.00. The van der Waals surface area contributed by atoms with Gasteiger partial charge in [0.15, 0.2) is 0 Å². The molecule has 2 unspecified atom stereocenters. The van der Waals surface area contributed by atoms with E-state index in [-0.39, 0.29) is 5.69 Å².